The quantitative estimate of drug-likeness (QED) is 0.442. The molecule has 0 heterocycles. The van der Waals surface area contributed by atoms with Crippen molar-refractivity contribution in [3.05, 3.63) is 0 Å². The zero-order chi connectivity index (χ0) is 23.8. The number of rotatable bonds is 9. The summed E-state index contributed by atoms with van der Waals surface area (Å²) >= 11 is 0. The molecule has 1 atom stereocenters. The molecule has 1 amide bonds. The largest absolute Gasteiger partial charge is 0.460 e. The lowest BCUT2D eigenvalue weighted by Crippen LogP contribution is -2.44. The lowest BCUT2D eigenvalue weighted by atomic mass is 10.1. The highest BCUT2D eigenvalue weighted by Gasteiger charge is 2.28. The Kier molecular flexibility index (Phi) is 10.5. The molecule has 30 heavy (non-hydrogen) atoms. The van der Waals surface area contributed by atoms with Crippen LogP contribution in [0.4, 0.5) is 0 Å². The molecule has 0 bridgehead atoms. The highest BCUT2D eigenvalue weighted by atomic mass is 16.6. The fourth-order valence-electron chi connectivity index (χ4n) is 2.33. The van der Waals surface area contributed by atoms with Gasteiger partial charge in [0.25, 0.3) is 0 Å². The summed E-state index contributed by atoms with van der Waals surface area (Å²) in [5, 5.41) is 2.61. The van der Waals surface area contributed by atoms with Gasteiger partial charge in [0.05, 0.1) is 0 Å². The van der Waals surface area contributed by atoms with Gasteiger partial charge in [0.2, 0.25) is 5.91 Å². The second-order valence-corrected chi connectivity index (χ2v) is 10.2. The summed E-state index contributed by atoms with van der Waals surface area (Å²) in [5.74, 6) is -1.87. The standard InChI is InChI=1S/C22H39NO7/c1-20(2,3)28-17(25)12-10-11-16(24)23-15(19(27)30-22(7,8)9)13-14-18(26)29-21(4,5)6/h15H,10-14H2,1-9H3,(H,23,24). The summed E-state index contributed by atoms with van der Waals surface area (Å²) in [6.07, 6.45) is 0.444. The van der Waals surface area contributed by atoms with Crippen molar-refractivity contribution in [2.45, 2.75) is 117 Å². The molecule has 1 N–H and O–H groups in total. The molecular formula is C22H39NO7. The Morgan fingerprint density at radius 1 is 0.667 bits per heavy atom. The highest BCUT2D eigenvalue weighted by molar-refractivity contribution is 5.85. The molecule has 0 aliphatic carbocycles. The van der Waals surface area contributed by atoms with Crippen LogP contribution in [0.5, 0.6) is 0 Å². The van der Waals surface area contributed by atoms with Gasteiger partial charge in [0, 0.05) is 19.3 Å². The minimum absolute atomic E-state index is 0.0423. The molecule has 0 fully saturated rings. The Balaban J connectivity index is 4.79. The molecule has 0 aromatic rings. The van der Waals surface area contributed by atoms with Crippen LogP contribution in [0.2, 0.25) is 0 Å². The molecule has 0 saturated carbocycles. The zero-order valence-corrected chi connectivity index (χ0v) is 20.0. The van der Waals surface area contributed by atoms with Crippen molar-refractivity contribution in [3.63, 3.8) is 0 Å². The van der Waals surface area contributed by atoms with Gasteiger partial charge in [-0.15, -0.1) is 0 Å². The van der Waals surface area contributed by atoms with E-state index in [1.165, 1.54) is 0 Å². The van der Waals surface area contributed by atoms with Crippen LogP contribution < -0.4 is 5.32 Å². The van der Waals surface area contributed by atoms with Crippen molar-refractivity contribution >= 4 is 23.8 Å². The third-order valence-electron chi connectivity index (χ3n) is 3.29. The second-order valence-electron chi connectivity index (χ2n) is 10.2. The van der Waals surface area contributed by atoms with Gasteiger partial charge in [-0.2, -0.15) is 0 Å². The molecule has 174 valence electrons. The van der Waals surface area contributed by atoms with Crippen molar-refractivity contribution in [3.8, 4) is 0 Å². The third kappa shape index (κ3) is 15.8. The Labute approximate surface area is 180 Å². The number of esters is 3. The number of hydrogen-bond donors (Lipinski definition) is 1. The maximum atomic E-state index is 12.5. The average Bonchev–Trinajstić information content (AvgIpc) is 2.45. The van der Waals surface area contributed by atoms with E-state index in [0.29, 0.717) is 0 Å². The van der Waals surface area contributed by atoms with Crippen molar-refractivity contribution in [1.82, 2.24) is 5.32 Å². The van der Waals surface area contributed by atoms with Crippen LogP contribution in [0.3, 0.4) is 0 Å². The molecule has 1 unspecified atom stereocenters. The number of carbonyl (C=O) groups excluding carboxylic acids is 4. The first-order chi connectivity index (χ1) is 13.4. The van der Waals surface area contributed by atoms with Crippen LogP contribution in [0, 0.1) is 0 Å². The van der Waals surface area contributed by atoms with Crippen molar-refractivity contribution in [1.29, 1.82) is 0 Å². The predicted molar refractivity (Wildman–Crippen MR) is 113 cm³/mol. The van der Waals surface area contributed by atoms with Gasteiger partial charge in [-0.05, 0) is 75.2 Å². The minimum Gasteiger partial charge on any atom is -0.460 e. The summed E-state index contributed by atoms with van der Waals surface area (Å²) in [6.45, 7) is 15.7. The van der Waals surface area contributed by atoms with Crippen molar-refractivity contribution in [2.75, 3.05) is 0 Å². The van der Waals surface area contributed by atoms with Gasteiger partial charge in [-0.3, -0.25) is 14.4 Å². The smallest absolute Gasteiger partial charge is 0.329 e. The average molecular weight is 430 g/mol. The van der Waals surface area contributed by atoms with E-state index in [9.17, 15) is 19.2 Å². The van der Waals surface area contributed by atoms with E-state index in [1.807, 2.05) is 0 Å². The van der Waals surface area contributed by atoms with E-state index in [-0.39, 0.29) is 38.1 Å². The number of amides is 1. The molecule has 0 aliphatic rings. The van der Waals surface area contributed by atoms with Gasteiger partial charge in [-0.25, -0.2) is 4.79 Å². The lowest BCUT2D eigenvalue weighted by molar-refractivity contribution is -0.160. The van der Waals surface area contributed by atoms with Gasteiger partial charge in [0.1, 0.15) is 22.8 Å². The summed E-state index contributed by atoms with van der Waals surface area (Å²) < 4.78 is 15.8. The van der Waals surface area contributed by atoms with Crippen LogP contribution in [0.15, 0.2) is 0 Å². The molecule has 0 saturated heterocycles. The molecule has 0 spiro atoms. The van der Waals surface area contributed by atoms with E-state index in [2.05, 4.69) is 5.32 Å². The number of ether oxygens (including phenoxy) is 3. The topological polar surface area (TPSA) is 108 Å². The molecule has 0 aromatic heterocycles. The minimum atomic E-state index is -0.981. The number of carbonyl (C=O) groups is 4. The third-order valence-corrected chi connectivity index (χ3v) is 3.29. The van der Waals surface area contributed by atoms with E-state index in [0.717, 1.165) is 0 Å². The monoisotopic (exact) mass is 429 g/mol. The van der Waals surface area contributed by atoms with Crippen molar-refractivity contribution in [2.24, 2.45) is 0 Å². The van der Waals surface area contributed by atoms with Gasteiger partial charge in [0.15, 0.2) is 0 Å². The van der Waals surface area contributed by atoms with E-state index >= 15 is 0 Å². The first-order valence-electron chi connectivity index (χ1n) is 10.3. The fraction of sp³-hybridized carbons (Fsp3) is 0.818. The summed E-state index contributed by atoms with van der Waals surface area (Å²) in [4.78, 5) is 48.5. The van der Waals surface area contributed by atoms with Gasteiger partial charge in [-0.1, -0.05) is 0 Å². The van der Waals surface area contributed by atoms with Crippen LogP contribution in [-0.2, 0) is 33.4 Å². The molecule has 0 aliphatic heterocycles. The SMILES string of the molecule is CC(C)(C)OC(=O)CCCC(=O)NC(CCC(=O)OC(C)(C)C)C(=O)OC(C)(C)C. The summed E-state index contributed by atoms with van der Waals surface area (Å²) in [7, 11) is 0. The Bertz CT molecular complexity index is 606. The summed E-state index contributed by atoms with van der Waals surface area (Å²) in [5.41, 5.74) is -1.95. The molecule has 0 rings (SSSR count). The van der Waals surface area contributed by atoms with Crippen molar-refractivity contribution < 1.29 is 33.4 Å². The zero-order valence-electron chi connectivity index (χ0n) is 20.0. The Hall–Kier alpha value is -2.12. The molecule has 0 aromatic carbocycles. The van der Waals surface area contributed by atoms with E-state index < -0.39 is 40.7 Å². The second kappa shape index (κ2) is 11.3. The van der Waals surface area contributed by atoms with Gasteiger partial charge >= 0.3 is 17.9 Å². The first-order valence-corrected chi connectivity index (χ1v) is 10.3. The lowest BCUT2D eigenvalue weighted by Gasteiger charge is -2.25. The molecule has 8 nitrogen and oxygen atoms in total. The Morgan fingerprint density at radius 3 is 1.53 bits per heavy atom. The van der Waals surface area contributed by atoms with Crippen LogP contribution in [0.25, 0.3) is 0 Å². The summed E-state index contributed by atoms with van der Waals surface area (Å²) in [6, 6.07) is -0.981. The maximum Gasteiger partial charge on any atom is 0.329 e. The Morgan fingerprint density at radius 2 is 1.10 bits per heavy atom. The normalized spacial score (nSPS) is 13.2. The van der Waals surface area contributed by atoms with Crippen LogP contribution in [-0.4, -0.2) is 46.7 Å². The number of nitrogens with one attached hydrogen (secondary N) is 1. The maximum absolute atomic E-state index is 12.5. The fourth-order valence-corrected chi connectivity index (χ4v) is 2.33. The first kappa shape index (κ1) is 27.9. The van der Waals surface area contributed by atoms with E-state index in [1.54, 1.807) is 62.3 Å². The number of hydrogen-bond acceptors (Lipinski definition) is 7. The van der Waals surface area contributed by atoms with E-state index in [4.69, 9.17) is 14.2 Å². The highest BCUT2D eigenvalue weighted by Crippen LogP contribution is 2.14. The van der Waals surface area contributed by atoms with Crippen LogP contribution >= 0.6 is 0 Å². The predicted octanol–water partition coefficient (Wildman–Crippen LogP) is 3.45. The van der Waals surface area contributed by atoms with Gasteiger partial charge < -0.3 is 19.5 Å². The van der Waals surface area contributed by atoms with Crippen LogP contribution in [0.1, 0.15) is 94.4 Å². The molecule has 8 heteroatoms. The molecular weight excluding hydrogens is 390 g/mol. The molecule has 0 radical (unpaired) electrons.